The summed E-state index contributed by atoms with van der Waals surface area (Å²) in [4.78, 5) is 21.1. The molecule has 3 heterocycles. The zero-order chi connectivity index (χ0) is 20.2. The monoisotopic (exact) mass is 388 g/mol. The number of carbonyl (C=O) groups is 1. The molecule has 0 radical (unpaired) electrons. The molecule has 3 aromatic heterocycles. The number of hydrogen-bond acceptors (Lipinski definition) is 6. The lowest BCUT2D eigenvalue weighted by Crippen LogP contribution is -2.26. The zero-order valence-electron chi connectivity index (χ0n) is 16.2. The van der Waals surface area contributed by atoms with Crippen molar-refractivity contribution in [3.8, 4) is 17.3 Å². The van der Waals surface area contributed by atoms with Crippen LogP contribution in [0.5, 0.6) is 0 Å². The predicted molar refractivity (Wildman–Crippen MR) is 107 cm³/mol. The Hall–Kier alpha value is -3.81. The number of benzene rings is 1. The molecule has 0 aliphatic carbocycles. The summed E-state index contributed by atoms with van der Waals surface area (Å²) in [5, 5.41) is 11.0. The number of nitrogens with one attached hydrogen (secondary N) is 1. The first-order valence-corrected chi connectivity index (χ1v) is 9.25. The second-order valence-electron chi connectivity index (χ2n) is 6.60. The number of nitrogens with zero attached hydrogens (tertiary/aromatic N) is 5. The Bertz CT molecular complexity index is 1120. The molecule has 0 unspecified atom stereocenters. The Morgan fingerprint density at radius 1 is 1.10 bits per heavy atom. The minimum atomic E-state index is -0.150. The van der Waals surface area contributed by atoms with Crippen LogP contribution in [0.15, 0.2) is 59.4 Å². The molecule has 8 heteroatoms. The molecule has 146 valence electrons. The van der Waals surface area contributed by atoms with Gasteiger partial charge in [0.2, 0.25) is 0 Å². The van der Waals surface area contributed by atoms with E-state index in [0.717, 1.165) is 17.7 Å². The van der Waals surface area contributed by atoms with Gasteiger partial charge in [-0.05, 0) is 38.0 Å². The van der Waals surface area contributed by atoms with E-state index in [4.69, 9.17) is 4.52 Å². The molecule has 0 bridgehead atoms. The Morgan fingerprint density at radius 2 is 1.93 bits per heavy atom. The third kappa shape index (κ3) is 4.06. The molecule has 0 atom stereocenters. The molecule has 1 N–H and O–H groups in total. The first-order valence-electron chi connectivity index (χ1n) is 9.25. The highest BCUT2D eigenvalue weighted by Gasteiger charge is 2.16. The fraction of sp³-hybridized carbons (Fsp3) is 0.190. The second-order valence-corrected chi connectivity index (χ2v) is 6.60. The van der Waals surface area contributed by atoms with Crippen LogP contribution >= 0.6 is 0 Å². The molecule has 0 aliphatic heterocycles. The summed E-state index contributed by atoms with van der Waals surface area (Å²) in [5.74, 6) is 1.43. The van der Waals surface area contributed by atoms with Crippen molar-refractivity contribution in [1.82, 2.24) is 30.2 Å². The molecule has 29 heavy (non-hydrogen) atoms. The van der Waals surface area contributed by atoms with E-state index >= 15 is 0 Å². The maximum atomic E-state index is 12.5. The third-order valence-corrected chi connectivity index (χ3v) is 4.54. The highest BCUT2D eigenvalue weighted by Crippen LogP contribution is 2.18. The topological polar surface area (TPSA) is 98.7 Å². The molecule has 1 aromatic carbocycles. The van der Waals surface area contributed by atoms with Gasteiger partial charge in [0.15, 0.2) is 11.6 Å². The van der Waals surface area contributed by atoms with Crippen molar-refractivity contribution < 1.29 is 9.32 Å². The number of hydrogen-bond donors (Lipinski definition) is 1. The lowest BCUT2D eigenvalue weighted by molar-refractivity contribution is 0.0953. The van der Waals surface area contributed by atoms with Gasteiger partial charge in [0.1, 0.15) is 0 Å². The molecular formula is C21H20N6O2. The Kier molecular flexibility index (Phi) is 5.15. The van der Waals surface area contributed by atoms with E-state index in [2.05, 4.69) is 25.5 Å². The molecule has 4 rings (SSSR count). The van der Waals surface area contributed by atoms with E-state index in [9.17, 15) is 4.79 Å². The summed E-state index contributed by atoms with van der Waals surface area (Å²) in [5.41, 5.74) is 3.14. The number of amides is 1. The van der Waals surface area contributed by atoms with Crippen molar-refractivity contribution >= 4 is 5.91 Å². The second kappa shape index (κ2) is 8.05. The summed E-state index contributed by atoms with van der Waals surface area (Å²) in [6, 6.07) is 13.7. The highest BCUT2D eigenvalue weighted by atomic mass is 16.5. The molecule has 0 saturated carbocycles. The maximum absolute atomic E-state index is 12.5. The van der Waals surface area contributed by atoms with Crippen molar-refractivity contribution in [2.75, 3.05) is 6.54 Å². The van der Waals surface area contributed by atoms with Gasteiger partial charge < -0.3 is 9.84 Å². The standard InChI is InChI=1S/C21H20N6O2/c1-14-18(20(28)22-11-10-16-6-4-3-5-7-16)13-24-27(14)19-9-8-17(12-23-19)21-25-15(2)26-29-21/h3-9,12-13H,10-11H2,1-2H3,(H,22,28). The summed E-state index contributed by atoms with van der Waals surface area (Å²) in [6.07, 6.45) is 3.98. The maximum Gasteiger partial charge on any atom is 0.259 e. The van der Waals surface area contributed by atoms with Gasteiger partial charge in [-0.25, -0.2) is 9.67 Å². The third-order valence-electron chi connectivity index (χ3n) is 4.54. The van der Waals surface area contributed by atoms with Crippen LogP contribution in [0, 0.1) is 13.8 Å². The summed E-state index contributed by atoms with van der Waals surface area (Å²) in [7, 11) is 0. The minimum Gasteiger partial charge on any atom is -0.352 e. The number of aromatic nitrogens is 5. The summed E-state index contributed by atoms with van der Waals surface area (Å²) < 4.78 is 6.78. The van der Waals surface area contributed by atoms with Gasteiger partial charge >= 0.3 is 0 Å². The molecule has 4 aromatic rings. The van der Waals surface area contributed by atoms with Gasteiger partial charge in [0, 0.05) is 12.7 Å². The number of aryl methyl sites for hydroxylation is 1. The van der Waals surface area contributed by atoms with Crippen molar-refractivity contribution in [3.63, 3.8) is 0 Å². The van der Waals surface area contributed by atoms with Crippen LogP contribution in [0.3, 0.4) is 0 Å². The Labute approximate surface area is 167 Å². The number of carbonyl (C=O) groups excluding carboxylic acids is 1. The lowest BCUT2D eigenvalue weighted by Gasteiger charge is -2.06. The van der Waals surface area contributed by atoms with Gasteiger partial charge in [0.25, 0.3) is 11.8 Å². The van der Waals surface area contributed by atoms with E-state index in [1.165, 1.54) is 5.56 Å². The van der Waals surface area contributed by atoms with Crippen LogP contribution in [-0.4, -0.2) is 37.4 Å². The SMILES string of the molecule is Cc1noc(-c2ccc(-n3ncc(C(=O)NCCc4ccccc4)c3C)nc2)n1. The van der Waals surface area contributed by atoms with Crippen molar-refractivity contribution in [2.24, 2.45) is 0 Å². The van der Waals surface area contributed by atoms with E-state index in [1.807, 2.05) is 43.3 Å². The van der Waals surface area contributed by atoms with Crippen LogP contribution in [0.4, 0.5) is 0 Å². The molecule has 0 fully saturated rings. The van der Waals surface area contributed by atoms with Gasteiger partial charge in [-0.1, -0.05) is 35.5 Å². The van der Waals surface area contributed by atoms with E-state index in [0.29, 0.717) is 29.6 Å². The van der Waals surface area contributed by atoms with Gasteiger partial charge in [-0.15, -0.1) is 0 Å². The van der Waals surface area contributed by atoms with Crippen molar-refractivity contribution in [3.05, 3.63) is 77.5 Å². The van der Waals surface area contributed by atoms with Crippen LogP contribution < -0.4 is 5.32 Å². The smallest absolute Gasteiger partial charge is 0.259 e. The van der Waals surface area contributed by atoms with Gasteiger partial charge in [-0.3, -0.25) is 4.79 Å². The van der Waals surface area contributed by atoms with Crippen LogP contribution in [0.25, 0.3) is 17.3 Å². The first-order chi connectivity index (χ1) is 14.1. The minimum absolute atomic E-state index is 0.150. The predicted octanol–water partition coefficient (Wildman–Crippen LogP) is 2.91. The quantitative estimate of drug-likeness (QED) is 0.545. The molecule has 8 nitrogen and oxygen atoms in total. The Morgan fingerprint density at radius 3 is 2.62 bits per heavy atom. The average molecular weight is 388 g/mol. The number of rotatable bonds is 6. The van der Waals surface area contributed by atoms with Crippen LogP contribution in [-0.2, 0) is 6.42 Å². The molecular weight excluding hydrogens is 368 g/mol. The Balaban J connectivity index is 1.44. The largest absolute Gasteiger partial charge is 0.352 e. The molecule has 0 aliphatic rings. The summed E-state index contributed by atoms with van der Waals surface area (Å²) >= 11 is 0. The fourth-order valence-corrected chi connectivity index (χ4v) is 2.98. The van der Waals surface area contributed by atoms with E-state index < -0.39 is 0 Å². The number of pyridine rings is 1. The van der Waals surface area contributed by atoms with Crippen molar-refractivity contribution in [2.45, 2.75) is 20.3 Å². The summed E-state index contributed by atoms with van der Waals surface area (Å²) in [6.45, 7) is 4.16. The molecule has 0 saturated heterocycles. The zero-order valence-corrected chi connectivity index (χ0v) is 16.2. The van der Waals surface area contributed by atoms with Crippen LogP contribution in [0.2, 0.25) is 0 Å². The highest BCUT2D eigenvalue weighted by molar-refractivity contribution is 5.95. The van der Waals surface area contributed by atoms with Gasteiger partial charge in [-0.2, -0.15) is 10.1 Å². The van der Waals surface area contributed by atoms with E-state index in [-0.39, 0.29) is 5.91 Å². The first kappa shape index (κ1) is 18.5. The molecule has 1 amide bonds. The van der Waals surface area contributed by atoms with Crippen molar-refractivity contribution in [1.29, 1.82) is 0 Å². The van der Waals surface area contributed by atoms with Crippen LogP contribution in [0.1, 0.15) is 27.4 Å². The van der Waals surface area contributed by atoms with Gasteiger partial charge in [0.05, 0.1) is 23.0 Å². The lowest BCUT2D eigenvalue weighted by atomic mass is 10.1. The fourth-order valence-electron chi connectivity index (χ4n) is 2.98. The average Bonchev–Trinajstić information content (AvgIpc) is 3.34. The molecule has 0 spiro atoms. The normalized spacial score (nSPS) is 10.8. The van der Waals surface area contributed by atoms with E-state index in [1.54, 1.807) is 30.1 Å².